The summed E-state index contributed by atoms with van der Waals surface area (Å²) in [4.78, 5) is 10.1. The van der Waals surface area contributed by atoms with Crippen LogP contribution in [0.4, 0.5) is 10.1 Å². The topological polar surface area (TPSA) is 43.1 Å². The molecule has 1 aromatic carbocycles. The molecule has 0 bridgehead atoms. The Balaban J connectivity index is 3.22. The Hall–Kier alpha value is -0.970. The Kier molecular flexibility index (Phi) is 3.57. The lowest BCUT2D eigenvalue weighted by Crippen LogP contribution is -2.01. The SMILES string of the molecule is CC(CBr)c1cc(F)ccc1[N+](=O)[O-]. The molecule has 0 aromatic heterocycles. The highest BCUT2D eigenvalue weighted by molar-refractivity contribution is 9.09. The van der Waals surface area contributed by atoms with Gasteiger partial charge in [0.05, 0.1) is 4.92 Å². The molecule has 0 amide bonds. The van der Waals surface area contributed by atoms with Gasteiger partial charge in [-0.1, -0.05) is 22.9 Å². The van der Waals surface area contributed by atoms with Crippen molar-refractivity contribution in [3.05, 3.63) is 39.7 Å². The summed E-state index contributed by atoms with van der Waals surface area (Å²) >= 11 is 3.21. The van der Waals surface area contributed by atoms with E-state index >= 15 is 0 Å². The van der Waals surface area contributed by atoms with Gasteiger partial charge in [0.15, 0.2) is 0 Å². The zero-order valence-corrected chi connectivity index (χ0v) is 9.12. The van der Waals surface area contributed by atoms with E-state index in [9.17, 15) is 14.5 Å². The van der Waals surface area contributed by atoms with Crippen LogP contribution in [0, 0.1) is 15.9 Å². The summed E-state index contributed by atoms with van der Waals surface area (Å²) in [6.45, 7) is 1.80. The molecule has 0 aliphatic carbocycles. The molecule has 0 saturated heterocycles. The van der Waals surface area contributed by atoms with Crippen molar-refractivity contribution in [2.45, 2.75) is 12.8 Å². The van der Waals surface area contributed by atoms with Crippen LogP contribution in [0.15, 0.2) is 18.2 Å². The maximum absolute atomic E-state index is 12.9. The van der Waals surface area contributed by atoms with Gasteiger partial charge in [0.25, 0.3) is 5.69 Å². The number of hydrogen-bond acceptors (Lipinski definition) is 2. The van der Waals surface area contributed by atoms with Gasteiger partial charge in [0.2, 0.25) is 0 Å². The Bertz CT molecular complexity index is 357. The first kappa shape index (κ1) is 11.1. The zero-order valence-electron chi connectivity index (χ0n) is 7.54. The van der Waals surface area contributed by atoms with Crippen LogP contribution in [-0.4, -0.2) is 10.3 Å². The number of alkyl halides is 1. The molecule has 3 nitrogen and oxygen atoms in total. The van der Waals surface area contributed by atoms with Crippen LogP contribution in [0.5, 0.6) is 0 Å². The van der Waals surface area contributed by atoms with Crippen LogP contribution < -0.4 is 0 Å². The van der Waals surface area contributed by atoms with Gasteiger partial charge < -0.3 is 0 Å². The summed E-state index contributed by atoms with van der Waals surface area (Å²) in [5, 5.41) is 11.2. The second-order valence-electron chi connectivity index (χ2n) is 3.02. The van der Waals surface area contributed by atoms with Crippen LogP contribution in [0.2, 0.25) is 0 Å². The van der Waals surface area contributed by atoms with E-state index in [0.29, 0.717) is 10.9 Å². The average molecular weight is 262 g/mol. The van der Waals surface area contributed by atoms with E-state index in [4.69, 9.17) is 0 Å². The number of nitro groups is 1. The highest BCUT2D eigenvalue weighted by Crippen LogP contribution is 2.28. The standard InChI is InChI=1S/C9H9BrFNO2/c1-6(5-10)8-4-7(11)2-3-9(8)12(13)14/h2-4,6H,5H2,1H3. The van der Waals surface area contributed by atoms with Gasteiger partial charge in [-0.05, 0) is 18.1 Å². The smallest absolute Gasteiger partial charge is 0.258 e. The summed E-state index contributed by atoms with van der Waals surface area (Å²) in [5.41, 5.74) is 0.394. The van der Waals surface area contributed by atoms with Crippen molar-refractivity contribution < 1.29 is 9.31 Å². The fraction of sp³-hybridized carbons (Fsp3) is 0.333. The predicted octanol–water partition coefficient (Wildman–Crippen LogP) is 3.23. The van der Waals surface area contributed by atoms with E-state index in [1.54, 1.807) is 6.92 Å². The number of rotatable bonds is 3. The molecule has 0 aliphatic rings. The molecule has 0 heterocycles. The molecule has 0 saturated carbocycles. The minimum Gasteiger partial charge on any atom is -0.258 e. The van der Waals surface area contributed by atoms with Crippen molar-refractivity contribution in [3.63, 3.8) is 0 Å². The minimum absolute atomic E-state index is 0.0293. The van der Waals surface area contributed by atoms with Gasteiger partial charge in [-0.3, -0.25) is 10.1 Å². The number of nitrogens with zero attached hydrogens (tertiary/aromatic N) is 1. The quantitative estimate of drug-likeness (QED) is 0.476. The molecule has 1 aromatic rings. The molecule has 5 heteroatoms. The first-order chi connectivity index (χ1) is 6.56. The average Bonchev–Trinajstić information content (AvgIpc) is 2.16. The second kappa shape index (κ2) is 4.50. The van der Waals surface area contributed by atoms with E-state index in [-0.39, 0.29) is 11.6 Å². The first-order valence-corrected chi connectivity index (χ1v) is 5.18. The lowest BCUT2D eigenvalue weighted by atomic mass is 10.0. The van der Waals surface area contributed by atoms with Gasteiger partial charge in [-0.2, -0.15) is 0 Å². The summed E-state index contributed by atoms with van der Waals surface area (Å²) in [6, 6.07) is 3.51. The van der Waals surface area contributed by atoms with E-state index in [2.05, 4.69) is 15.9 Å². The van der Waals surface area contributed by atoms with Gasteiger partial charge >= 0.3 is 0 Å². The molecule has 1 rings (SSSR count). The maximum atomic E-state index is 12.9. The van der Waals surface area contributed by atoms with Crippen molar-refractivity contribution in [1.82, 2.24) is 0 Å². The summed E-state index contributed by atoms with van der Waals surface area (Å²) in [7, 11) is 0. The van der Waals surface area contributed by atoms with Crippen molar-refractivity contribution in [3.8, 4) is 0 Å². The Labute approximate surface area is 89.2 Å². The normalized spacial score (nSPS) is 12.5. The van der Waals surface area contributed by atoms with E-state index in [1.807, 2.05) is 0 Å². The summed E-state index contributed by atoms with van der Waals surface area (Å²) in [6.07, 6.45) is 0. The molecular weight excluding hydrogens is 253 g/mol. The molecule has 0 fully saturated rings. The number of hydrogen-bond donors (Lipinski definition) is 0. The molecule has 14 heavy (non-hydrogen) atoms. The van der Waals surface area contributed by atoms with Crippen LogP contribution in [-0.2, 0) is 0 Å². The van der Waals surface area contributed by atoms with Gasteiger partial charge in [0, 0.05) is 17.0 Å². The second-order valence-corrected chi connectivity index (χ2v) is 3.66. The molecule has 0 radical (unpaired) electrons. The highest BCUT2D eigenvalue weighted by Gasteiger charge is 2.18. The molecule has 76 valence electrons. The fourth-order valence-corrected chi connectivity index (χ4v) is 1.52. The fourth-order valence-electron chi connectivity index (χ4n) is 1.17. The zero-order chi connectivity index (χ0) is 10.7. The predicted molar refractivity (Wildman–Crippen MR) is 55.3 cm³/mol. The van der Waals surface area contributed by atoms with Gasteiger partial charge in [-0.25, -0.2) is 4.39 Å². The van der Waals surface area contributed by atoms with Crippen molar-refractivity contribution in [1.29, 1.82) is 0 Å². The van der Waals surface area contributed by atoms with E-state index in [1.165, 1.54) is 12.1 Å². The Morgan fingerprint density at radius 1 is 1.64 bits per heavy atom. The first-order valence-electron chi connectivity index (χ1n) is 4.06. The van der Waals surface area contributed by atoms with Crippen molar-refractivity contribution >= 4 is 21.6 Å². The lowest BCUT2D eigenvalue weighted by molar-refractivity contribution is -0.385. The van der Waals surface area contributed by atoms with Crippen LogP contribution in [0.1, 0.15) is 18.4 Å². The van der Waals surface area contributed by atoms with Crippen molar-refractivity contribution in [2.75, 3.05) is 5.33 Å². The van der Waals surface area contributed by atoms with Crippen molar-refractivity contribution in [2.24, 2.45) is 0 Å². The summed E-state index contributed by atoms with van der Waals surface area (Å²) in [5.74, 6) is -0.524. The molecule has 0 N–H and O–H groups in total. The molecular formula is C9H9BrFNO2. The number of benzene rings is 1. The Morgan fingerprint density at radius 2 is 2.29 bits per heavy atom. The molecule has 1 atom stereocenters. The third-order valence-electron chi connectivity index (χ3n) is 1.95. The third-order valence-corrected chi connectivity index (χ3v) is 2.92. The van der Waals surface area contributed by atoms with E-state index < -0.39 is 10.7 Å². The van der Waals surface area contributed by atoms with Crippen LogP contribution in [0.25, 0.3) is 0 Å². The third kappa shape index (κ3) is 2.29. The number of halogens is 2. The molecule has 1 unspecified atom stereocenters. The molecule has 0 spiro atoms. The van der Waals surface area contributed by atoms with E-state index in [0.717, 1.165) is 6.07 Å². The van der Waals surface area contributed by atoms with Gasteiger partial charge in [-0.15, -0.1) is 0 Å². The highest BCUT2D eigenvalue weighted by atomic mass is 79.9. The largest absolute Gasteiger partial charge is 0.273 e. The monoisotopic (exact) mass is 261 g/mol. The molecule has 0 aliphatic heterocycles. The maximum Gasteiger partial charge on any atom is 0.273 e. The van der Waals surface area contributed by atoms with Gasteiger partial charge in [0.1, 0.15) is 5.82 Å². The lowest BCUT2D eigenvalue weighted by Gasteiger charge is -2.08. The minimum atomic E-state index is -0.492. The van der Waals surface area contributed by atoms with Crippen LogP contribution >= 0.6 is 15.9 Å². The number of nitro benzene ring substituents is 1. The summed E-state index contributed by atoms with van der Waals surface area (Å²) < 4.78 is 12.9. The Morgan fingerprint density at radius 3 is 2.79 bits per heavy atom. The van der Waals surface area contributed by atoms with Crippen LogP contribution in [0.3, 0.4) is 0 Å².